The van der Waals surface area contributed by atoms with Gasteiger partial charge >= 0.3 is 6.09 Å². The highest BCUT2D eigenvalue weighted by molar-refractivity contribution is 5.67. The minimum Gasteiger partial charge on any atom is -0.496 e. The summed E-state index contributed by atoms with van der Waals surface area (Å²) in [7, 11) is 1.47. The molecule has 0 aliphatic carbocycles. The monoisotopic (exact) mass is 312 g/mol. The highest BCUT2D eigenvalue weighted by atomic mass is 16.6. The lowest BCUT2D eigenvalue weighted by Gasteiger charge is -2.21. The number of amides is 1. The lowest BCUT2D eigenvalue weighted by molar-refractivity contribution is 0.0108. The van der Waals surface area contributed by atoms with Crippen molar-refractivity contribution in [3.05, 3.63) is 24.0 Å². The zero-order valence-corrected chi connectivity index (χ0v) is 13.4. The molecule has 0 saturated carbocycles. The van der Waals surface area contributed by atoms with Crippen LogP contribution in [0.25, 0.3) is 0 Å². The van der Waals surface area contributed by atoms with Crippen LogP contribution in [0, 0.1) is 0 Å². The van der Waals surface area contributed by atoms with Crippen LogP contribution in [-0.4, -0.2) is 46.6 Å². The van der Waals surface area contributed by atoms with Crippen LogP contribution in [0.4, 0.5) is 4.79 Å². The smallest absolute Gasteiger partial charge is 0.407 e. The van der Waals surface area contributed by atoms with Gasteiger partial charge in [-0.3, -0.25) is 4.98 Å². The van der Waals surface area contributed by atoms with Crippen molar-refractivity contribution in [1.82, 2.24) is 10.3 Å². The topological polar surface area (TPSA) is 101 Å². The van der Waals surface area contributed by atoms with Gasteiger partial charge in [0.05, 0.1) is 13.2 Å². The third-order valence-electron chi connectivity index (χ3n) is 2.82. The van der Waals surface area contributed by atoms with Gasteiger partial charge in [0, 0.05) is 24.5 Å². The number of alkyl carbamates (subject to hydrolysis) is 1. The summed E-state index contributed by atoms with van der Waals surface area (Å²) >= 11 is 0. The van der Waals surface area contributed by atoms with Crippen LogP contribution in [-0.2, 0) is 4.74 Å². The number of methoxy groups -OCH3 is 1. The summed E-state index contributed by atoms with van der Waals surface area (Å²) in [4.78, 5) is 15.4. The number of aliphatic hydroxyl groups excluding tert-OH is 2. The molecule has 0 spiro atoms. The number of aromatic nitrogens is 1. The Bertz CT molecular complexity index is 487. The highest BCUT2D eigenvalue weighted by Crippen LogP contribution is 2.26. The Morgan fingerprint density at radius 2 is 2.09 bits per heavy atom. The Morgan fingerprint density at radius 1 is 1.41 bits per heavy atom. The van der Waals surface area contributed by atoms with E-state index in [-0.39, 0.29) is 13.0 Å². The molecule has 0 saturated heterocycles. The molecular formula is C15H24N2O5. The highest BCUT2D eigenvalue weighted by Gasteiger charge is 2.22. The second-order valence-corrected chi connectivity index (χ2v) is 5.85. The maximum atomic E-state index is 11.5. The van der Waals surface area contributed by atoms with Crippen LogP contribution in [0.1, 0.15) is 38.9 Å². The molecule has 0 aliphatic heterocycles. The molecule has 7 heteroatoms. The third kappa shape index (κ3) is 5.87. The summed E-state index contributed by atoms with van der Waals surface area (Å²) < 4.78 is 10.2. The number of nitrogens with zero attached hydrogens (tertiary/aromatic N) is 1. The lowest BCUT2D eigenvalue weighted by Crippen LogP contribution is -2.34. The minimum absolute atomic E-state index is 0.165. The van der Waals surface area contributed by atoms with Crippen LogP contribution in [0.15, 0.2) is 18.5 Å². The van der Waals surface area contributed by atoms with Gasteiger partial charge in [-0.2, -0.15) is 0 Å². The third-order valence-corrected chi connectivity index (χ3v) is 2.82. The van der Waals surface area contributed by atoms with Crippen LogP contribution in [0.5, 0.6) is 5.75 Å². The normalized spacial score (nSPS) is 14.1. The van der Waals surface area contributed by atoms with Crippen molar-refractivity contribution in [2.75, 3.05) is 13.7 Å². The van der Waals surface area contributed by atoms with Gasteiger partial charge in [-0.1, -0.05) is 0 Å². The summed E-state index contributed by atoms with van der Waals surface area (Å²) in [6.07, 6.45) is 0.364. The molecule has 0 radical (unpaired) electrons. The van der Waals surface area contributed by atoms with Crippen LogP contribution in [0.3, 0.4) is 0 Å². The number of ether oxygens (including phenoxy) is 2. The van der Waals surface area contributed by atoms with Crippen molar-refractivity contribution in [3.8, 4) is 5.75 Å². The summed E-state index contributed by atoms with van der Waals surface area (Å²) in [5, 5.41) is 22.7. The molecule has 22 heavy (non-hydrogen) atoms. The van der Waals surface area contributed by atoms with E-state index in [1.54, 1.807) is 26.8 Å². The summed E-state index contributed by atoms with van der Waals surface area (Å²) in [5.74, 6) is 0.446. The van der Waals surface area contributed by atoms with Gasteiger partial charge in [0.1, 0.15) is 17.5 Å². The fourth-order valence-corrected chi connectivity index (χ4v) is 1.80. The fourth-order valence-electron chi connectivity index (χ4n) is 1.80. The van der Waals surface area contributed by atoms with Crippen molar-refractivity contribution in [1.29, 1.82) is 0 Å². The van der Waals surface area contributed by atoms with Gasteiger partial charge < -0.3 is 25.0 Å². The molecule has 3 N–H and O–H groups in total. The first kappa shape index (κ1) is 18.2. The van der Waals surface area contributed by atoms with E-state index in [1.807, 2.05) is 0 Å². The van der Waals surface area contributed by atoms with E-state index >= 15 is 0 Å². The van der Waals surface area contributed by atoms with Crippen molar-refractivity contribution in [2.45, 2.75) is 45.0 Å². The number of carbonyl (C=O) groups excluding carboxylic acids is 1. The van der Waals surface area contributed by atoms with E-state index in [2.05, 4.69) is 10.3 Å². The number of hydrogen-bond donors (Lipinski definition) is 3. The van der Waals surface area contributed by atoms with E-state index in [9.17, 15) is 15.0 Å². The van der Waals surface area contributed by atoms with Gasteiger partial charge in [-0.05, 0) is 33.3 Å². The lowest BCUT2D eigenvalue weighted by atomic mass is 10.0. The molecule has 1 aromatic rings. The summed E-state index contributed by atoms with van der Waals surface area (Å²) in [6.45, 7) is 5.47. The Kier molecular flexibility index (Phi) is 6.58. The molecule has 0 aliphatic rings. The molecule has 2 atom stereocenters. The Balaban J connectivity index is 2.48. The Hall–Kier alpha value is -1.86. The fraction of sp³-hybridized carbons (Fsp3) is 0.600. The van der Waals surface area contributed by atoms with Gasteiger partial charge in [-0.25, -0.2) is 4.79 Å². The van der Waals surface area contributed by atoms with Gasteiger partial charge in [0.25, 0.3) is 0 Å². The van der Waals surface area contributed by atoms with Crippen molar-refractivity contribution in [2.24, 2.45) is 0 Å². The first-order valence-corrected chi connectivity index (χ1v) is 7.05. The molecule has 0 bridgehead atoms. The van der Waals surface area contributed by atoms with E-state index in [4.69, 9.17) is 9.47 Å². The molecule has 1 rings (SSSR count). The number of aliphatic hydroxyl groups is 2. The van der Waals surface area contributed by atoms with E-state index < -0.39 is 23.9 Å². The number of hydrogen-bond acceptors (Lipinski definition) is 6. The van der Waals surface area contributed by atoms with E-state index in [1.165, 1.54) is 19.5 Å². The molecule has 2 unspecified atom stereocenters. The molecule has 1 aromatic heterocycles. The SMILES string of the molecule is COc1ccncc1C(O)C(O)CCNC(=O)OC(C)(C)C. The van der Waals surface area contributed by atoms with Gasteiger partial charge in [-0.15, -0.1) is 0 Å². The molecule has 0 fully saturated rings. The standard InChI is InChI=1S/C15H24N2O5/c1-15(2,3)22-14(20)17-8-5-11(18)13(19)10-9-16-7-6-12(10)21-4/h6-7,9,11,13,18-19H,5,8H2,1-4H3,(H,17,20). The number of pyridine rings is 1. The second kappa shape index (κ2) is 7.95. The molecule has 1 heterocycles. The van der Waals surface area contributed by atoms with Gasteiger partial charge in [0.2, 0.25) is 0 Å². The quantitative estimate of drug-likeness (QED) is 0.734. The van der Waals surface area contributed by atoms with Gasteiger partial charge in [0.15, 0.2) is 0 Å². The Labute approximate surface area is 130 Å². The molecule has 0 aromatic carbocycles. The van der Waals surface area contributed by atoms with Crippen molar-refractivity contribution in [3.63, 3.8) is 0 Å². The average molecular weight is 312 g/mol. The zero-order valence-electron chi connectivity index (χ0n) is 13.4. The maximum absolute atomic E-state index is 11.5. The van der Waals surface area contributed by atoms with Crippen molar-refractivity contribution >= 4 is 6.09 Å². The van der Waals surface area contributed by atoms with Crippen LogP contribution in [0.2, 0.25) is 0 Å². The average Bonchev–Trinajstić information content (AvgIpc) is 2.44. The second-order valence-electron chi connectivity index (χ2n) is 5.85. The van der Waals surface area contributed by atoms with Crippen LogP contribution >= 0.6 is 0 Å². The minimum atomic E-state index is -1.15. The number of carbonyl (C=O) groups is 1. The zero-order chi connectivity index (χ0) is 16.8. The summed E-state index contributed by atoms with van der Waals surface area (Å²) in [5.41, 5.74) is -0.180. The molecular weight excluding hydrogens is 288 g/mol. The molecule has 7 nitrogen and oxygen atoms in total. The first-order valence-electron chi connectivity index (χ1n) is 7.05. The Morgan fingerprint density at radius 3 is 2.68 bits per heavy atom. The molecule has 1 amide bonds. The predicted octanol–water partition coefficient (Wildman–Crippen LogP) is 1.40. The number of nitrogens with one attached hydrogen (secondary N) is 1. The summed E-state index contributed by atoms with van der Waals surface area (Å²) in [6, 6.07) is 1.60. The maximum Gasteiger partial charge on any atom is 0.407 e. The first-order chi connectivity index (χ1) is 10.2. The van der Waals surface area contributed by atoms with E-state index in [0.29, 0.717) is 11.3 Å². The van der Waals surface area contributed by atoms with E-state index in [0.717, 1.165) is 0 Å². The van der Waals surface area contributed by atoms with Crippen LogP contribution < -0.4 is 10.1 Å². The number of rotatable bonds is 6. The van der Waals surface area contributed by atoms with Crippen molar-refractivity contribution < 1.29 is 24.5 Å². The largest absolute Gasteiger partial charge is 0.496 e. The molecule has 124 valence electrons. The predicted molar refractivity (Wildman–Crippen MR) is 80.6 cm³/mol.